The van der Waals surface area contributed by atoms with E-state index in [4.69, 9.17) is 11.6 Å². The predicted octanol–water partition coefficient (Wildman–Crippen LogP) is 4.40. The van der Waals surface area contributed by atoms with E-state index in [1.165, 1.54) is 12.1 Å². The van der Waals surface area contributed by atoms with Gasteiger partial charge in [-0.05, 0) is 42.3 Å². The third kappa shape index (κ3) is 3.21. The van der Waals surface area contributed by atoms with Crippen molar-refractivity contribution in [3.63, 3.8) is 0 Å². The van der Waals surface area contributed by atoms with E-state index in [0.717, 1.165) is 21.8 Å². The van der Waals surface area contributed by atoms with Gasteiger partial charge in [0.25, 0.3) is 0 Å². The number of hydrogen-bond donors (Lipinski definition) is 1. The minimum atomic E-state index is -0.228. The number of anilines is 1. The van der Waals surface area contributed by atoms with E-state index in [1.807, 2.05) is 31.2 Å². The second-order valence-electron chi connectivity index (χ2n) is 3.94. The lowest BCUT2D eigenvalue weighted by Crippen LogP contribution is -2.01. The molecule has 0 fully saturated rings. The lowest BCUT2D eigenvalue weighted by atomic mass is 10.1. The van der Waals surface area contributed by atoms with E-state index in [1.54, 1.807) is 6.07 Å². The van der Waals surface area contributed by atoms with Crippen molar-refractivity contribution in [3.05, 3.63) is 64.4 Å². The van der Waals surface area contributed by atoms with Crippen molar-refractivity contribution < 1.29 is 4.39 Å². The number of rotatable bonds is 3. The summed E-state index contributed by atoms with van der Waals surface area (Å²) in [5, 5.41) is 3.92. The Labute approximate surface area is 105 Å². The molecule has 0 spiro atoms. The van der Waals surface area contributed by atoms with Crippen LogP contribution in [-0.2, 0) is 6.54 Å². The maximum Gasteiger partial charge on any atom is 0.125 e. The summed E-state index contributed by atoms with van der Waals surface area (Å²) in [6.45, 7) is 2.60. The maximum atomic E-state index is 13.1. The molecule has 0 unspecified atom stereocenters. The molecule has 2 rings (SSSR count). The van der Waals surface area contributed by atoms with Crippen LogP contribution in [0.15, 0.2) is 42.5 Å². The van der Waals surface area contributed by atoms with Gasteiger partial charge in [-0.25, -0.2) is 4.39 Å². The highest BCUT2D eigenvalue weighted by Gasteiger charge is 2.00. The molecule has 0 aliphatic carbocycles. The van der Waals surface area contributed by atoms with Gasteiger partial charge < -0.3 is 5.32 Å². The van der Waals surface area contributed by atoms with Crippen LogP contribution < -0.4 is 5.32 Å². The smallest absolute Gasteiger partial charge is 0.125 e. The van der Waals surface area contributed by atoms with Crippen LogP contribution in [0.5, 0.6) is 0 Å². The van der Waals surface area contributed by atoms with Crippen LogP contribution in [0.3, 0.4) is 0 Å². The first-order valence-electron chi connectivity index (χ1n) is 5.39. The SMILES string of the molecule is Cc1ccc(F)cc1NCc1ccc(Cl)cc1. The molecule has 0 radical (unpaired) electrons. The van der Waals surface area contributed by atoms with E-state index in [2.05, 4.69) is 5.32 Å². The predicted molar refractivity (Wildman–Crippen MR) is 69.9 cm³/mol. The average molecular weight is 250 g/mol. The van der Waals surface area contributed by atoms with Crippen LogP contribution in [0, 0.1) is 12.7 Å². The summed E-state index contributed by atoms with van der Waals surface area (Å²) in [6.07, 6.45) is 0. The van der Waals surface area contributed by atoms with Crippen LogP contribution in [0.1, 0.15) is 11.1 Å². The largest absolute Gasteiger partial charge is 0.381 e. The summed E-state index contributed by atoms with van der Waals surface area (Å²) >= 11 is 5.80. The maximum absolute atomic E-state index is 13.1. The molecular formula is C14H13ClFN. The van der Waals surface area contributed by atoms with Crippen molar-refractivity contribution in [2.24, 2.45) is 0 Å². The fourth-order valence-corrected chi connectivity index (χ4v) is 1.71. The van der Waals surface area contributed by atoms with Crippen LogP contribution >= 0.6 is 11.6 Å². The topological polar surface area (TPSA) is 12.0 Å². The zero-order valence-electron chi connectivity index (χ0n) is 9.50. The van der Waals surface area contributed by atoms with Crippen LogP contribution in [0.2, 0.25) is 5.02 Å². The van der Waals surface area contributed by atoms with Gasteiger partial charge in [0, 0.05) is 17.3 Å². The number of halogens is 2. The van der Waals surface area contributed by atoms with Crippen LogP contribution in [-0.4, -0.2) is 0 Å². The normalized spacial score (nSPS) is 10.3. The zero-order chi connectivity index (χ0) is 12.3. The van der Waals surface area contributed by atoms with Crippen molar-refractivity contribution in [1.82, 2.24) is 0 Å². The fraction of sp³-hybridized carbons (Fsp3) is 0.143. The monoisotopic (exact) mass is 249 g/mol. The first-order chi connectivity index (χ1) is 8.15. The molecule has 0 heterocycles. The van der Waals surface area contributed by atoms with Crippen molar-refractivity contribution in [2.45, 2.75) is 13.5 Å². The quantitative estimate of drug-likeness (QED) is 0.850. The molecule has 2 aromatic carbocycles. The molecule has 0 aromatic heterocycles. The Hall–Kier alpha value is -1.54. The minimum Gasteiger partial charge on any atom is -0.381 e. The number of benzene rings is 2. The molecule has 0 aliphatic rings. The Kier molecular flexibility index (Phi) is 3.64. The van der Waals surface area contributed by atoms with Crippen molar-refractivity contribution in [2.75, 3.05) is 5.32 Å². The van der Waals surface area contributed by atoms with Gasteiger partial charge in [0.15, 0.2) is 0 Å². The van der Waals surface area contributed by atoms with E-state index in [0.29, 0.717) is 6.54 Å². The average Bonchev–Trinajstić information content (AvgIpc) is 2.32. The standard InChI is InChI=1S/C14H13ClFN/c1-10-2-7-13(16)8-14(10)17-9-11-3-5-12(15)6-4-11/h2-8,17H,9H2,1H3. The van der Waals surface area contributed by atoms with E-state index >= 15 is 0 Å². The summed E-state index contributed by atoms with van der Waals surface area (Å²) in [7, 11) is 0. The van der Waals surface area contributed by atoms with Crippen molar-refractivity contribution in [1.29, 1.82) is 0 Å². The molecule has 0 aliphatic heterocycles. The van der Waals surface area contributed by atoms with Gasteiger partial charge in [0.2, 0.25) is 0 Å². The Morgan fingerprint density at radius 1 is 1.12 bits per heavy atom. The lowest BCUT2D eigenvalue weighted by Gasteiger charge is -2.09. The minimum absolute atomic E-state index is 0.228. The molecule has 3 heteroatoms. The molecule has 0 saturated heterocycles. The second kappa shape index (κ2) is 5.19. The van der Waals surface area contributed by atoms with Gasteiger partial charge in [-0.3, -0.25) is 0 Å². The highest BCUT2D eigenvalue weighted by Crippen LogP contribution is 2.17. The first-order valence-corrected chi connectivity index (χ1v) is 5.77. The first kappa shape index (κ1) is 11.9. The zero-order valence-corrected chi connectivity index (χ0v) is 10.3. The molecule has 1 N–H and O–H groups in total. The van der Waals surface area contributed by atoms with Gasteiger partial charge in [0.1, 0.15) is 5.82 Å². The second-order valence-corrected chi connectivity index (χ2v) is 4.38. The third-order valence-corrected chi connectivity index (χ3v) is 2.85. The molecule has 17 heavy (non-hydrogen) atoms. The molecule has 1 nitrogen and oxygen atoms in total. The number of hydrogen-bond acceptors (Lipinski definition) is 1. The molecule has 0 bridgehead atoms. The van der Waals surface area contributed by atoms with Gasteiger partial charge in [-0.2, -0.15) is 0 Å². The van der Waals surface area contributed by atoms with Gasteiger partial charge in [0.05, 0.1) is 0 Å². The highest BCUT2D eigenvalue weighted by molar-refractivity contribution is 6.30. The summed E-state index contributed by atoms with van der Waals surface area (Å²) in [5.74, 6) is -0.228. The molecule has 0 atom stereocenters. The van der Waals surface area contributed by atoms with Gasteiger partial charge >= 0.3 is 0 Å². The fourth-order valence-electron chi connectivity index (χ4n) is 1.58. The van der Waals surface area contributed by atoms with E-state index in [-0.39, 0.29) is 5.82 Å². The summed E-state index contributed by atoms with van der Waals surface area (Å²) in [5.41, 5.74) is 2.96. The Bertz CT molecular complexity index is 508. The van der Waals surface area contributed by atoms with Crippen molar-refractivity contribution >= 4 is 17.3 Å². The Balaban J connectivity index is 2.07. The summed E-state index contributed by atoms with van der Waals surface area (Å²) in [4.78, 5) is 0. The highest BCUT2D eigenvalue weighted by atomic mass is 35.5. The van der Waals surface area contributed by atoms with Gasteiger partial charge in [-0.1, -0.05) is 29.8 Å². The van der Waals surface area contributed by atoms with E-state index in [9.17, 15) is 4.39 Å². The van der Waals surface area contributed by atoms with Crippen molar-refractivity contribution in [3.8, 4) is 0 Å². The summed E-state index contributed by atoms with van der Waals surface area (Å²) < 4.78 is 13.1. The lowest BCUT2D eigenvalue weighted by molar-refractivity contribution is 0.628. The van der Waals surface area contributed by atoms with Gasteiger partial charge in [-0.15, -0.1) is 0 Å². The Morgan fingerprint density at radius 2 is 1.82 bits per heavy atom. The molecule has 88 valence electrons. The molecule has 0 saturated carbocycles. The summed E-state index contributed by atoms with van der Waals surface area (Å²) in [6, 6.07) is 12.3. The van der Waals surface area contributed by atoms with Crippen LogP contribution in [0.25, 0.3) is 0 Å². The third-order valence-electron chi connectivity index (χ3n) is 2.60. The van der Waals surface area contributed by atoms with E-state index < -0.39 is 0 Å². The molecular weight excluding hydrogens is 237 g/mol. The number of nitrogens with one attached hydrogen (secondary N) is 1. The Morgan fingerprint density at radius 3 is 2.53 bits per heavy atom. The number of aryl methyl sites for hydroxylation is 1. The molecule has 0 amide bonds. The molecule has 2 aromatic rings. The van der Waals surface area contributed by atoms with Crippen LogP contribution in [0.4, 0.5) is 10.1 Å².